The summed E-state index contributed by atoms with van der Waals surface area (Å²) < 4.78 is 6.22. The molecule has 0 N–H and O–H groups in total. The van der Waals surface area contributed by atoms with Crippen LogP contribution in [0.1, 0.15) is 33.6 Å². The molecule has 0 aromatic rings. The molecule has 1 aliphatic rings. The van der Waals surface area contributed by atoms with Crippen LogP contribution in [0.15, 0.2) is 0 Å². The van der Waals surface area contributed by atoms with E-state index in [0.29, 0.717) is 16.0 Å². The molecule has 0 atom stereocenters. The Morgan fingerprint density at radius 1 is 1.23 bits per heavy atom. The first-order valence-corrected chi connectivity index (χ1v) is 8.86. The minimum Gasteiger partial charge on any atom is -0.414 e. The molecule has 0 aromatic carbocycles. The summed E-state index contributed by atoms with van der Waals surface area (Å²) in [5.41, 5.74) is 0. The van der Waals surface area contributed by atoms with Crippen LogP contribution >= 0.6 is 15.9 Å². The summed E-state index contributed by atoms with van der Waals surface area (Å²) >= 11 is 3.59. The average molecular weight is 265 g/mol. The lowest BCUT2D eigenvalue weighted by Crippen LogP contribution is -2.47. The van der Waals surface area contributed by atoms with Crippen molar-refractivity contribution in [3.05, 3.63) is 0 Å². The third kappa shape index (κ3) is 2.80. The normalized spacial score (nSPS) is 30.0. The fraction of sp³-hybridized carbons (Fsp3) is 1.00. The van der Waals surface area contributed by atoms with E-state index < -0.39 is 8.32 Å². The Hall–Kier alpha value is 0.657. The second kappa shape index (κ2) is 3.67. The minimum atomic E-state index is -1.49. The molecule has 0 bridgehead atoms. The minimum absolute atomic E-state index is 0.352. The van der Waals surface area contributed by atoms with E-state index in [2.05, 4.69) is 49.8 Å². The van der Waals surface area contributed by atoms with Gasteiger partial charge >= 0.3 is 0 Å². The van der Waals surface area contributed by atoms with Crippen LogP contribution in [0.3, 0.4) is 0 Å². The van der Waals surface area contributed by atoms with Gasteiger partial charge in [-0.3, -0.25) is 0 Å². The standard InChI is InChI=1S/C10H21BrOSi/c1-10(2,3)13(4,5)12-9-6-8(11)7-9/h8-9H,6-7H2,1-5H3. The highest BCUT2D eigenvalue weighted by Crippen LogP contribution is 2.41. The summed E-state index contributed by atoms with van der Waals surface area (Å²) in [4.78, 5) is 0.710. The predicted molar refractivity (Wildman–Crippen MR) is 64.0 cm³/mol. The number of halogens is 1. The maximum Gasteiger partial charge on any atom is 0.192 e. The smallest absolute Gasteiger partial charge is 0.192 e. The fourth-order valence-electron chi connectivity index (χ4n) is 1.19. The molecule has 0 saturated heterocycles. The molecular formula is C10H21BrOSi. The average Bonchev–Trinajstić information content (AvgIpc) is 1.80. The van der Waals surface area contributed by atoms with Gasteiger partial charge in [-0.15, -0.1) is 0 Å². The quantitative estimate of drug-likeness (QED) is 0.543. The third-order valence-electron chi connectivity index (χ3n) is 3.30. The Bertz CT molecular complexity index is 180. The van der Waals surface area contributed by atoms with Gasteiger partial charge in [0.25, 0.3) is 0 Å². The lowest BCUT2D eigenvalue weighted by Gasteiger charge is -2.43. The van der Waals surface area contributed by atoms with E-state index in [-0.39, 0.29) is 0 Å². The molecule has 0 spiro atoms. The van der Waals surface area contributed by atoms with E-state index in [1.807, 2.05) is 0 Å². The van der Waals surface area contributed by atoms with E-state index in [4.69, 9.17) is 4.43 Å². The molecule has 1 nitrogen and oxygen atoms in total. The second-order valence-electron chi connectivity index (χ2n) is 5.57. The molecule has 0 heterocycles. The number of rotatable bonds is 2. The van der Waals surface area contributed by atoms with E-state index in [1.54, 1.807) is 0 Å². The van der Waals surface area contributed by atoms with Gasteiger partial charge in [-0.05, 0) is 31.0 Å². The fourth-order valence-corrected chi connectivity index (χ4v) is 3.40. The van der Waals surface area contributed by atoms with E-state index in [0.717, 1.165) is 0 Å². The number of hydrogen-bond acceptors (Lipinski definition) is 1. The maximum atomic E-state index is 6.22. The molecule has 1 aliphatic carbocycles. The molecule has 78 valence electrons. The van der Waals surface area contributed by atoms with Gasteiger partial charge in [0.05, 0.1) is 0 Å². The highest BCUT2D eigenvalue weighted by molar-refractivity contribution is 9.09. The van der Waals surface area contributed by atoms with Crippen molar-refractivity contribution in [2.75, 3.05) is 0 Å². The van der Waals surface area contributed by atoms with E-state index in [9.17, 15) is 0 Å². The first-order valence-electron chi connectivity index (χ1n) is 5.04. The molecule has 1 rings (SSSR count). The molecule has 0 radical (unpaired) electrons. The first-order chi connectivity index (χ1) is 5.72. The van der Waals surface area contributed by atoms with Crippen molar-refractivity contribution in [1.82, 2.24) is 0 Å². The van der Waals surface area contributed by atoms with Crippen LogP contribution in [-0.4, -0.2) is 19.2 Å². The van der Waals surface area contributed by atoms with Crippen molar-refractivity contribution in [2.24, 2.45) is 0 Å². The van der Waals surface area contributed by atoms with Crippen LogP contribution < -0.4 is 0 Å². The SMILES string of the molecule is CC(C)(C)[Si](C)(C)OC1CC(Br)C1. The van der Waals surface area contributed by atoms with Crippen molar-refractivity contribution in [1.29, 1.82) is 0 Å². The van der Waals surface area contributed by atoms with Crippen LogP contribution in [0, 0.1) is 0 Å². The van der Waals surface area contributed by atoms with Gasteiger partial charge in [-0.25, -0.2) is 0 Å². The van der Waals surface area contributed by atoms with Crippen LogP contribution in [0.2, 0.25) is 18.1 Å². The summed E-state index contributed by atoms with van der Waals surface area (Å²) in [6.07, 6.45) is 2.93. The Labute approximate surface area is 91.5 Å². The van der Waals surface area contributed by atoms with Gasteiger partial charge in [0.1, 0.15) is 0 Å². The molecule has 0 aliphatic heterocycles. The van der Waals surface area contributed by atoms with Crippen LogP contribution in [0.4, 0.5) is 0 Å². The van der Waals surface area contributed by atoms with Crippen LogP contribution in [0.25, 0.3) is 0 Å². The summed E-state index contributed by atoms with van der Waals surface area (Å²) in [5, 5.41) is 0.352. The molecule has 3 heteroatoms. The van der Waals surface area contributed by atoms with Gasteiger partial charge in [0, 0.05) is 10.9 Å². The molecule has 0 unspecified atom stereocenters. The Kier molecular flexibility index (Phi) is 3.31. The molecule has 1 fully saturated rings. The molecule has 0 aromatic heterocycles. The molecule has 1 saturated carbocycles. The van der Waals surface area contributed by atoms with Crippen molar-refractivity contribution in [3.8, 4) is 0 Å². The zero-order valence-corrected chi connectivity index (χ0v) is 11.9. The highest BCUT2D eigenvalue weighted by atomic mass is 79.9. The maximum absolute atomic E-state index is 6.22. The van der Waals surface area contributed by atoms with Gasteiger partial charge < -0.3 is 4.43 Å². The van der Waals surface area contributed by atoms with E-state index >= 15 is 0 Å². The Morgan fingerprint density at radius 3 is 2.00 bits per heavy atom. The molecule has 13 heavy (non-hydrogen) atoms. The van der Waals surface area contributed by atoms with Crippen LogP contribution in [0.5, 0.6) is 0 Å². The lowest BCUT2D eigenvalue weighted by atomic mass is 9.96. The van der Waals surface area contributed by atoms with Crippen molar-refractivity contribution < 1.29 is 4.43 Å². The van der Waals surface area contributed by atoms with E-state index in [1.165, 1.54) is 12.8 Å². The van der Waals surface area contributed by atoms with Gasteiger partial charge in [-0.2, -0.15) is 0 Å². The van der Waals surface area contributed by atoms with Crippen LogP contribution in [-0.2, 0) is 4.43 Å². The zero-order valence-electron chi connectivity index (χ0n) is 9.36. The topological polar surface area (TPSA) is 9.23 Å². The summed E-state index contributed by atoms with van der Waals surface area (Å²) in [6.45, 7) is 11.5. The molecule has 0 amide bonds. The third-order valence-corrected chi connectivity index (χ3v) is 8.59. The largest absolute Gasteiger partial charge is 0.414 e. The lowest BCUT2D eigenvalue weighted by molar-refractivity contribution is 0.112. The summed E-state index contributed by atoms with van der Waals surface area (Å²) in [5.74, 6) is 0. The van der Waals surface area contributed by atoms with Crippen molar-refractivity contribution >= 4 is 24.2 Å². The number of alkyl halides is 1. The van der Waals surface area contributed by atoms with Gasteiger partial charge in [-0.1, -0.05) is 36.7 Å². The summed E-state index contributed by atoms with van der Waals surface area (Å²) in [7, 11) is -1.49. The van der Waals surface area contributed by atoms with Crippen molar-refractivity contribution in [2.45, 2.75) is 62.7 Å². The van der Waals surface area contributed by atoms with Crippen molar-refractivity contribution in [3.63, 3.8) is 0 Å². The Balaban J connectivity index is 2.43. The van der Waals surface area contributed by atoms with Gasteiger partial charge in [0.15, 0.2) is 8.32 Å². The summed E-state index contributed by atoms with van der Waals surface area (Å²) in [6, 6.07) is 0. The van der Waals surface area contributed by atoms with Gasteiger partial charge in [0.2, 0.25) is 0 Å². The number of hydrogen-bond donors (Lipinski definition) is 0. The monoisotopic (exact) mass is 264 g/mol. The first kappa shape index (κ1) is 11.7. The highest BCUT2D eigenvalue weighted by Gasteiger charge is 2.41. The zero-order chi connectivity index (χ0) is 10.3. The second-order valence-corrected chi connectivity index (χ2v) is 11.6. The molecular weight excluding hydrogens is 244 g/mol. The predicted octanol–water partition coefficient (Wildman–Crippen LogP) is 3.93. The Morgan fingerprint density at radius 2 is 1.69 bits per heavy atom.